The Balaban J connectivity index is 1.55. The molecule has 138 valence electrons. The third kappa shape index (κ3) is 4.99. The first-order valence-corrected chi connectivity index (χ1v) is 9.11. The number of rotatable bonds is 8. The molecule has 1 aliphatic rings. The highest BCUT2D eigenvalue weighted by Crippen LogP contribution is 2.20. The molecule has 0 aromatic heterocycles. The van der Waals surface area contributed by atoms with E-state index in [0.717, 1.165) is 30.9 Å². The minimum Gasteiger partial charge on any atom is -0.497 e. The van der Waals surface area contributed by atoms with Crippen LogP contribution in [0, 0.1) is 0 Å². The number of hydrogen-bond acceptors (Lipinski definition) is 4. The summed E-state index contributed by atoms with van der Waals surface area (Å²) in [6.07, 6.45) is 2.52. The monoisotopic (exact) mass is 354 g/mol. The fourth-order valence-electron chi connectivity index (χ4n) is 3.09. The van der Waals surface area contributed by atoms with Crippen molar-refractivity contribution in [3.63, 3.8) is 0 Å². The van der Waals surface area contributed by atoms with Gasteiger partial charge < -0.3 is 19.7 Å². The molecule has 5 nitrogen and oxygen atoms in total. The smallest absolute Gasteiger partial charge is 0.255 e. The lowest BCUT2D eigenvalue weighted by atomic mass is 10.2. The highest BCUT2D eigenvalue weighted by molar-refractivity contribution is 5.96. The maximum absolute atomic E-state index is 12.5. The van der Waals surface area contributed by atoms with Gasteiger partial charge in [-0.2, -0.15) is 0 Å². The van der Waals surface area contributed by atoms with Crippen LogP contribution in [0.4, 0.5) is 0 Å². The van der Waals surface area contributed by atoms with Gasteiger partial charge in [-0.05, 0) is 55.8 Å². The van der Waals surface area contributed by atoms with E-state index in [9.17, 15) is 4.79 Å². The second-order valence-electron chi connectivity index (χ2n) is 6.44. The molecule has 26 heavy (non-hydrogen) atoms. The minimum absolute atomic E-state index is 0.0884. The molecule has 2 aromatic rings. The Morgan fingerprint density at radius 1 is 1.08 bits per heavy atom. The summed E-state index contributed by atoms with van der Waals surface area (Å²) in [5.74, 6) is 1.32. The van der Waals surface area contributed by atoms with Gasteiger partial charge in [0.15, 0.2) is 0 Å². The van der Waals surface area contributed by atoms with E-state index in [1.165, 1.54) is 12.8 Å². The predicted octanol–water partition coefficient (Wildman–Crippen LogP) is 3.10. The standard InChI is InChI=1S/C21H26N2O3/c1-25-18-10-8-17(9-11-18)16-26-20-7-3-2-6-19(20)21(24)22-12-15-23-13-4-5-14-23/h2-3,6-11H,4-5,12-16H2,1H3,(H,22,24). The number of likely N-dealkylation sites (tertiary alicyclic amines) is 1. The number of benzene rings is 2. The molecule has 1 N–H and O–H groups in total. The van der Waals surface area contributed by atoms with E-state index in [1.807, 2.05) is 42.5 Å². The van der Waals surface area contributed by atoms with E-state index >= 15 is 0 Å². The lowest BCUT2D eigenvalue weighted by molar-refractivity contribution is 0.0945. The number of amides is 1. The number of carbonyl (C=O) groups excluding carboxylic acids is 1. The Hall–Kier alpha value is -2.53. The quantitative estimate of drug-likeness (QED) is 0.791. The third-order valence-corrected chi connectivity index (χ3v) is 4.60. The summed E-state index contributed by atoms with van der Waals surface area (Å²) in [4.78, 5) is 14.9. The Labute approximate surface area is 154 Å². The molecule has 1 amide bonds. The Morgan fingerprint density at radius 3 is 2.54 bits per heavy atom. The van der Waals surface area contributed by atoms with Crippen molar-refractivity contribution in [1.29, 1.82) is 0 Å². The minimum atomic E-state index is -0.0884. The Morgan fingerprint density at radius 2 is 1.81 bits per heavy atom. The maximum Gasteiger partial charge on any atom is 0.255 e. The van der Waals surface area contributed by atoms with E-state index in [0.29, 0.717) is 24.5 Å². The highest BCUT2D eigenvalue weighted by Gasteiger charge is 2.14. The number of nitrogens with one attached hydrogen (secondary N) is 1. The van der Waals surface area contributed by atoms with Crippen LogP contribution in [0.25, 0.3) is 0 Å². The average molecular weight is 354 g/mol. The van der Waals surface area contributed by atoms with Crippen molar-refractivity contribution in [2.75, 3.05) is 33.3 Å². The fraction of sp³-hybridized carbons (Fsp3) is 0.381. The molecule has 1 fully saturated rings. The zero-order chi connectivity index (χ0) is 18.2. The first kappa shape index (κ1) is 18.3. The Kier molecular flexibility index (Phi) is 6.50. The van der Waals surface area contributed by atoms with Crippen LogP contribution >= 0.6 is 0 Å². The second kappa shape index (κ2) is 9.25. The van der Waals surface area contributed by atoms with Crippen molar-refractivity contribution in [2.24, 2.45) is 0 Å². The van der Waals surface area contributed by atoms with Gasteiger partial charge in [0.25, 0.3) is 5.91 Å². The molecule has 2 aromatic carbocycles. The molecule has 0 radical (unpaired) electrons. The summed E-state index contributed by atoms with van der Waals surface area (Å²) in [6, 6.07) is 15.1. The second-order valence-corrected chi connectivity index (χ2v) is 6.44. The van der Waals surface area contributed by atoms with Crippen LogP contribution in [0.3, 0.4) is 0 Å². The van der Waals surface area contributed by atoms with E-state index in [1.54, 1.807) is 13.2 Å². The SMILES string of the molecule is COc1ccc(COc2ccccc2C(=O)NCCN2CCCC2)cc1. The molecule has 1 saturated heterocycles. The van der Waals surface area contributed by atoms with Crippen molar-refractivity contribution in [1.82, 2.24) is 10.2 Å². The summed E-state index contributed by atoms with van der Waals surface area (Å²) >= 11 is 0. The van der Waals surface area contributed by atoms with E-state index in [4.69, 9.17) is 9.47 Å². The predicted molar refractivity (Wildman–Crippen MR) is 102 cm³/mol. The number of methoxy groups -OCH3 is 1. The van der Waals surface area contributed by atoms with Gasteiger partial charge in [-0.1, -0.05) is 24.3 Å². The lowest BCUT2D eigenvalue weighted by Gasteiger charge is -2.16. The highest BCUT2D eigenvalue weighted by atomic mass is 16.5. The van der Waals surface area contributed by atoms with Gasteiger partial charge in [-0.15, -0.1) is 0 Å². The van der Waals surface area contributed by atoms with Crippen molar-refractivity contribution in [2.45, 2.75) is 19.4 Å². The first-order valence-electron chi connectivity index (χ1n) is 9.11. The van der Waals surface area contributed by atoms with E-state index < -0.39 is 0 Å². The molecule has 0 aliphatic carbocycles. The van der Waals surface area contributed by atoms with Gasteiger partial charge in [0.2, 0.25) is 0 Å². The molecule has 0 spiro atoms. The number of ether oxygens (including phenoxy) is 2. The maximum atomic E-state index is 12.5. The molecular formula is C21H26N2O3. The number of para-hydroxylation sites is 1. The fourth-order valence-corrected chi connectivity index (χ4v) is 3.09. The molecule has 5 heteroatoms. The van der Waals surface area contributed by atoms with Gasteiger partial charge >= 0.3 is 0 Å². The molecule has 1 aliphatic heterocycles. The van der Waals surface area contributed by atoms with Crippen molar-refractivity contribution in [3.05, 3.63) is 59.7 Å². The first-order chi connectivity index (χ1) is 12.8. The van der Waals surface area contributed by atoms with Gasteiger partial charge in [-0.3, -0.25) is 4.79 Å². The molecule has 0 saturated carbocycles. The number of hydrogen-bond donors (Lipinski definition) is 1. The summed E-state index contributed by atoms with van der Waals surface area (Å²) in [5.41, 5.74) is 1.59. The molecule has 0 unspecified atom stereocenters. The number of nitrogens with zero attached hydrogens (tertiary/aromatic N) is 1. The van der Waals surface area contributed by atoms with Crippen LogP contribution in [-0.2, 0) is 6.61 Å². The van der Waals surface area contributed by atoms with Crippen LogP contribution in [0.1, 0.15) is 28.8 Å². The summed E-state index contributed by atoms with van der Waals surface area (Å²) in [6.45, 7) is 4.24. The molecule has 0 bridgehead atoms. The summed E-state index contributed by atoms with van der Waals surface area (Å²) < 4.78 is 11.0. The summed E-state index contributed by atoms with van der Waals surface area (Å²) in [5, 5.41) is 3.00. The van der Waals surface area contributed by atoms with Crippen LogP contribution in [-0.4, -0.2) is 44.1 Å². The number of carbonyl (C=O) groups is 1. The van der Waals surface area contributed by atoms with Gasteiger partial charge in [0.1, 0.15) is 18.1 Å². The van der Waals surface area contributed by atoms with Crippen LogP contribution < -0.4 is 14.8 Å². The largest absolute Gasteiger partial charge is 0.497 e. The zero-order valence-electron chi connectivity index (χ0n) is 15.2. The van der Waals surface area contributed by atoms with Crippen LogP contribution in [0.2, 0.25) is 0 Å². The van der Waals surface area contributed by atoms with E-state index in [2.05, 4.69) is 10.2 Å². The van der Waals surface area contributed by atoms with Crippen molar-refractivity contribution >= 4 is 5.91 Å². The van der Waals surface area contributed by atoms with Gasteiger partial charge in [-0.25, -0.2) is 0 Å². The molecular weight excluding hydrogens is 328 g/mol. The van der Waals surface area contributed by atoms with Crippen LogP contribution in [0.5, 0.6) is 11.5 Å². The summed E-state index contributed by atoms with van der Waals surface area (Å²) in [7, 11) is 1.64. The van der Waals surface area contributed by atoms with Crippen molar-refractivity contribution < 1.29 is 14.3 Å². The topological polar surface area (TPSA) is 50.8 Å². The van der Waals surface area contributed by atoms with Crippen LogP contribution in [0.15, 0.2) is 48.5 Å². The third-order valence-electron chi connectivity index (χ3n) is 4.60. The molecule has 3 rings (SSSR count). The molecule has 1 heterocycles. The van der Waals surface area contributed by atoms with E-state index in [-0.39, 0.29) is 5.91 Å². The van der Waals surface area contributed by atoms with Gasteiger partial charge in [0.05, 0.1) is 12.7 Å². The Bertz CT molecular complexity index is 709. The average Bonchev–Trinajstić information content (AvgIpc) is 3.20. The normalized spacial score (nSPS) is 14.2. The van der Waals surface area contributed by atoms with Crippen molar-refractivity contribution in [3.8, 4) is 11.5 Å². The lowest BCUT2D eigenvalue weighted by Crippen LogP contribution is -2.33. The zero-order valence-corrected chi connectivity index (χ0v) is 15.2. The van der Waals surface area contributed by atoms with Gasteiger partial charge in [0, 0.05) is 13.1 Å². The molecule has 0 atom stereocenters.